The van der Waals surface area contributed by atoms with Gasteiger partial charge in [0.2, 0.25) is 5.91 Å². The van der Waals surface area contributed by atoms with Gasteiger partial charge in [-0.1, -0.05) is 49.4 Å². The number of nitrogens with zero attached hydrogens (tertiary/aromatic N) is 4. The molecule has 4 aromatic rings. The highest BCUT2D eigenvalue weighted by Gasteiger charge is 2.22. The molecular weight excluding hydrogens is 460 g/mol. The fourth-order valence-corrected chi connectivity index (χ4v) is 4.48. The van der Waals surface area contributed by atoms with E-state index < -0.39 is 6.04 Å². The number of nitriles is 1. The first kappa shape index (κ1) is 24.4. The predicted octanol–water partition coefficient (Wildman–Crippen LogP) is 5.61. The van der Waals surface area contributed by atoms with Crippen molar-refractivity contribution >= 4 is 11.7 Å². The number of benzene rings is 2. The van der Waals surface area contributed by atoms with Crippen molar-refractivity contribution < 1.29 is 4.79 Å². The van der Waals surface area contributed by atoms with Gasteiger partial charge >= 0.3 is 0 Å². The maximum absolute atomic E-state index is 13.4. The topological polar surface area (TPSA) is 95.6 Å². The SMILES string of the molecule is C[C@H](CN[C@@H](C(=O)Nc1ccc(-c2cnn(C3CCC3)c2)cn1)c1ccccc1)c1ccc(C#N)cc1. The van der Waals surface area contributed by atoms with Gasteiger partial charge in [-0.15, -0.1) is 0 Å². The van der Waals surface area contributed by atoms with Crippen molar-refractivity contribution in [1.29, 1.82) is 5.26 Å². The lowest BCUT2D eigenvalue weighted by atomic mass is 9.93. The minimum atomic E-state index is -0.538. The third-order valence-corrected chi connectivity index (χ3v) is 7.03. The molecule has 0 aliphatic heterocycles. The first-order valence-electron chi connectivity index (χ1n) is 12.7. The van der Waals surface area contributed by atoms with Crippen LogP contribution < -0.4 is 10.6 Å². The van der Waals surface area contributed by atoms with Gasteiger partial charge in [0.15, 0.2) is 0 Å². The zero-order valence-corrected chi connectivity index (χ0v) is 20.8. The molecule has 0 unspecified atom stereocenters. The Labute approximate surface area is 217 Å². The molecule has 2 heterocycles. The number of hydrogen-bond acceptors (Lipinski definition) is 5. The molecule has 0 radical (unpaired) electrons. The molecule has 5 rings (SSSR count). The zero-order chi connectivity index (χ0) is 25.6. The summed E-state index contributed by atoms with van der Waals surface area (Å²) in [5, 5.41) is 19.9. The van der Waals surface area contributed by atoms with Gasteiger partial charge in [0.25, 0.3) is 0 Å². The predicted molar refractivity (Wildman–Crippen MR) is 144 cm³/mol. The summed E-state index contributed by atoms with van der Waals surface area (Å²) in [6, 6.07) is 23.2. The minimum Gasteiger partial charge on any atom is -0.309 e. The number of nitrogens with one attached hydrogen (secondary N) is 2. The van der Waals surface area contributed by atoms with Gasteiger partial charge in [0.05, 0.1) is 23.9 Å². The van der Waals surface area contributed by atoms with Crippen LogP contribution in [-0.4, -0.2) is 27.2 Å². The van der Waals surface area contributed by atoms with Crippen molar-refractivity contribution in [2.45, 2.75) is 44.2 Å². The number of amides is 1. The van der Waals surface area contributed by atoms with Crippen molar-refractivity contribution in [3.05, 3.63) is 102 Å². The van der Waals surface area contributed by atoms with Crippen LogP contribution in [0.25, 0.3) is 11.1 Å². The monoisotopic (exact) mass is 490 g/mol. The fraction of sp³-hybridized carbons (Fsp3) is 0.267. The summed E-state index contributed by atoms with van der Waals surface area (Å²) in [5.74, 6) is 0.490. The quantitative estimate of drug-likeness (QED) is 0.318. The van der Waals surface area contributed by atoms with Crippen LogP contribution in [0.15, 0.2) is 85.3 Å². The van der Waals surface area contributed by atoms with Crippen molar-refractivity contribution in [2.75, 3.05) is 11.9 Å². The highest BCUT2D eigenvalue weighted by Crippen LogP contribution is 2.32. The molecule has 1 fully saturated rings. The van der Waals surface area contributed by atoms with Gasteiger partial charge in [0.1, 0.15) is 11.9 Å². The van der Waals surface area contributed by atoms with E-state index in [1.165, 1.54) is 19.3 Å². The normalized spacial score (nSPS) is 14.8. The van der Waals surface area contributed by atoms with E-state index in [2.05, 4.69) is 39.9 Å². The van der Waals surface area contributed by atoms with Gasteiger partial charge < -0.3 is 10.6 Å². The molecule has 186 valence electrons. The van der Waals surface area contributed by atoms with E-state index in [9.17, 15) is 4.79 Å². The first-order chi connectivity index (χ1) is 18.1. The Morgan fingerprint density at radius 3 is 2.46 bits per heavy atom. The lowest BCUT2D eigenvalue weighted by molar-refractivity contribution is -0.118. The number of carbonyl (C=O) groups is 1. The Hall–Kier alpha value is -4.28. The fourth-order valence-electron chi connectivity index (χ4n) is 4.48. The minimum absolute atomic E-state index is 0.157. The van der Waals surface area contributed by atoms with Crippen LogP contribution >= 0.6 is 0 Å². The van der Waals surface area contributed by atoms with E-state index in [0.717, 1.165) is 22.3 Å². The summed E-state index contributed by atoms with van der Waals surface area (Å²) in [7, 11) is 0. The molecule has 37 heavy (non-hydrogen) atoms. The summed E-state index contributed by atoms with van der Waals surface area (Å²) < 4.78 is 2.05. The van der Waals surface area contributed by atoms with E-state index in [4.69, 9.17) is 5.26 Å². The van der Waals surface area contributed by atoms with Gasteiger partial charge in [-0.05, 0) is 60.6 Å². The Morgan fingerprint density at radius 1 is 1.03 bits per heavy atom. The maximum Gasteiger partial charge on any atom is 0.247 e. The van der Waals surface area contributed by atoms with E-state index >= 15 is 0 Å². The number of anilines is 1. The van der Waals surface area contributed by atoms with Crippen molar-refractivity contribution in [3.8, 4) is 17.2 Å². The molecule has 1 aliphatic carbocycles. The second-order valence-corrected chi connectivity index (χ2v) is 9.60. The smallest absolute Gasteiger partial charge is 0.247 e. The average molecular weight is 491 g/mol. The molecule has 1 saturated carbocycles. The lowest BCUT2D eigenvalue weighted by Gasteiger charge is -2.25. The summed E-state index contributed by atoms with van der Waals surface area (Å²) >= 11 is 0. The lowest BCUT2D eigenvalue weighted by Crippen LogP contribution is -2.35. The molecule has 1 aliphatic rings. The third kappa shape index (κ3) is 5.76. The summed E-state index contributed by atoms with van der Waals surface area (Å²) in [6.45, 7) is 2.69. The Morgan fingerprint density at radius 2 is 1.81 bits per heavy atom. The highest BCUT2D eigenvalue weighted by molar-refractivity contribution is 5.95. The van der Waals surface area contributed by atoms with Crippen LogP contribution in [0.1, 0.15) is 60.9 Å². The van der Waals surface area contributed by atoms with Gasteiger partial charge in [-0.25, -0.2) is 4.98 Å². The van der Waals surface area contributed by atoms with E-state index in [-0.39, 0.29) is 11.8 Å². The molecule has 2 N–H and O–H groups in total. The molecule has 0 saturated heterocycles. The van der Waals surface area contributed by atoms with Crippen LogP contribution in [-0.2, 0) is 4.79 Å². The number of pyridine rings is 1. The second-order valence-electron chi connectivity index (χ2n) is 9.60. The largest absolute Gasteiger partial charge is 0.309 e. The Kier molecular flexibility index (Phi) is 7.38. The molecule has 7 nitrogen and oxygen atoms in total. The van der Waals surface area contributed by atoms with Crippen molar-refractivity contribution in [2.24, 2.45) is 0 Å². The number of rotatable bonds is 9. The van der Waals surface area contributed by atoms with Gasteiger partial charge in [-0.3, -0.25) is 9.48 Å². The molecule has 7 heteroatoms. The van der Waals surface area contributed by atoms with Crippen LogP contribution in [0.4, 0.5) is 5.82 Å². The van der Waals surface area contributed by atoms with Crippen molar-refractivity contribution in [1.82, 2.24) is 20.1 Å². The Bertz CT molecular complexity index is 1370. The standard InChI is InChI=1S/C30H30N6O/c1-21(23-12-10-22(16-31)11-13-23)17-33-29(24-6-3-2-4-7-24)30(37)35-28-15-14-25(18-32-28)26-19-34-36(20-26)27-8-5-9-27/h2-4,6-7,10-15,18-21,27,29,33H,5,8-9,17H2,1H3,(H,32,35,37)/t21-,29-/m1/s1. The summed E-state index contributed by atoms with van der Waals surface area (Å²) in [6.07, 6.45) is 9.36. The highest BCUT2D eigenvalue weighted by atomic mass is 16.2. The zero-order valence-electron chi connectivity index (χ0n) is 20.8. The molecular formula is C30H30N6O. The van der Waals surface area contributed by atoms with Gasteiger partial charge in [-0.2, -0.15) is 10.4 Å². The Balaban J connectivity index is 1.25. The average Bonchev–Trinajstić information content (AvgIpc) is 3.38. The van der Waals surface area contributed by atoms with Crippen LogP contribution in [0.3, 0.4) is 0 Å². The van der Waals surface area contributed by atoms with Gasteiger partial charge in [0, 0.05) is 30.1 Å². The van der Waals surface area contributed by atoms with Crippen LogP contribution in [0.5, 0.6) is 0 Å². The summed E-state index contributed by atoms with van der Waals surface area (Å²) in [5.41, 5.74) is 4.62. The van der Waals surface area contributed by atoms with Crippen molar-refractivity contribution in [3.63, 3.8) is 0 Å². The second kappa shape index (κ2) is 11.2. The summed E-state index contributed by atoms with van der Waals surface area (Å²) in [4.78, 5) is 17.9. The third-order valence-electron chi connectivity index (χ3n) is 7.03. The number of aromatic nitrogens is 3. The molecule has 0 bridgehead atoms. The molecule has 2 aromatic carbocycles. The molecule has 2 atom stereocenters. The first-order valence-corrected chi connectivity index (χ1v) is 12.7. The van der Waals surface area contributed by atoms with Crippen LogP contribution in [0.2, 0.25) is 0 Å². The molecule has 1 amide bonds. The maximum atomic E-state index is 13.4. The van der Waals surface area contributed by atoms with E-state index in [0.29, 0.717) is 24.0 Å². The van der Waals surface area contributed by atoms with Crippen LogP contribution in [0, 0.1) is 11.3 Å². The van der Waals surface area contributed by atoms with E-state index in [1.807, 2.05) is 77.6 Å². The number of hydrogen-bond donors (Lipinski definition) is 2. The molecule has 0 spiro atoms. The van der Waals surface area contributed by atoms with E-state index in [1.54, 1.807) is 6.20 Å². The number of carbonyl (C=O) groups excluding carboxylic acids is 1. The molecule has 2 aromatic heterocycles.